The van der Waals surface area contributed by atoms with Crippen LogP contribution in [0.25, 0.3) is 0 Å². The molecule has 0 amide bonds. The van der Waals surface area contributed by atoms with Gasteiger partial charge in [-0.25, -0.2) is 0 Å². The Morgan fingerprint density at radius 3 is 2.43 bits per heavy atom. The predicted molar refractivity (Wildman–Crippen MR) is 56.5 cm³/mol. The molecule has 3 heteroatoms. The van der Waals surface area contributed by atoms with Crippen molar-refractivity contribution in [1.82, 2.24) is 0 Å². The lowest BCUT2D eigenvalue weighted by atomic mass is 10.3. The smallest absolute Gasteiger partial charge is 0.119 e. The van der Waals surface area contributed by atoms with E-state index in [9.17, 15) is 0 Å². The standard InChI is InChI=1S/C11H14N2O/c1-13(2)10-4-6-11(7-5-10)14-9-3-8-12/h4-7H,3,9H2,1-2H3. The largest absolute Gasteiger partial charge is 0.493 e. The van der Waals surface area contributed by atoms with E-state index in [4.69, 9.17) is 10.00 Å². The first kappa shape index (κ1) is 10.4. The Morgan fingerprint density at radius 1 is 1.29 bits per heavy atom. The van der Waals surface area contributed by atoms with Gasteiger partial charge in [0.25, 0.3) is 0 Å². The summed E-state index contributed by atoms with van der Waals surface area (Å²) in [5.74, 6) is 0.811. The fourth-order valence-corrected chi connectivity index (χ4v) is 1.06. The van der Waals surface area contributed by atoms with Crippen molar-refractivity contribution in [3.05, 3.63) is 24.3 Å². The maximum Gasteiger partial charge on any atom is 0.119 e. The molecule has 0 radical (unpaired) electrons. The van der Waals surface area contributed by atoms with Crippen LogP contribution < -0.4 is 9.64 Å². The van der Waals surface area contributed by atoms with Crippen molar-refractivity contribution in [3.8, 4) is 11.8 Å². The topological polar surface area (TPSA) is 36.3 Å². The number of nitrogens with zero attached hydrogens (tertiary/aromatic N) is 2. The van der Waals surface area contributed by atoms with E-state index in [0.29, 0.717) is 13.0 Å². The molecule has 0 unspecified atom stereocenters. The summed E-state index contributed by atoms with van der Waals surface area (Å²) in [5.41, 5.74) is 1.14. The quantitative estimate of drug-likeness (QED) is 0.682. The van der Waals surface area contributed by atoms with E-state index in [2.05, 4.69) is 0 Å². The molecule has 0 saturated carbocycles. The summed E-state index contributed by atoms with van der Waals surface area (Å²) in [6, 6.07) is 9.83. The highest BCUT2D eigenvalue weighted by molar-refractivity contribution is 5.47. The molecule has 0 aromatic heterocycles. The molecular weight excluding hydrogens is 176 g/mol. The summed E-state index contributed by atoms with van der Waals surface area (Å²) in [6.07, 6.45) is 0.426. The molecule has 1 aromatic rings. The molecule has 0 bridgehead atoms. The van der Waals surface area contributed by atoms with Gasteiger partial charge in [0.1, 0.15) is 12.4 Å². The summed E-state index contributed by atoms with van der Waals surface area (Å²) in [4.78, 5) is 2.03. The van der Waals surface area contributed by atoms with Crippen LogP contribution >= 0.6 is 0 Å². The van der Waals surface area contributed by atoms with E-state index < -0.39 is 0 Å². The first-order valence-electron chi connectivity index (χ1n) is 4.51. The first-order valence-corrected chi connectivity index (χ1v) is 4.51. The average molecular weight is 190 g/mol. The summed E-state index contributed by atoms with van der Waals surface area (Å²) < 4.78 is 5.34. The molecule has 0 N–H and O–H groups in total. The molecule has 74 valence electrons. The van der Waals surface area contributed by atoms with Crippen LogP contribution in [0.5, 0.6) is 5.75 Å². The predicted octanol–water partition coefficient (Wildman–Crippen LogP) is 2.05. The minimum absolute atomic E-state index is 0.426. The van der Waals surface area contributed by atoms with Crippen molar-refractivity contribution < 1.29 is 4.74 Å². The highest BCUT2D eigenvalue weighted by atomic mass is 16.5. The SMILES string of the molecule is CN(C)c1ccc(OCCC#N)cc1. The van der Waals surface area contributed by atoms with E-state index in [-0.39, 0.29) is 0 Å². The number of hydrogen-bond donors (Lipinski definition) is 0. The molecule has 0 aliphatic heterocycles. The highest BCUT2D eigenvalue weighted by Gasteiger charge is 1.96. The average Bonchev–Trinajstić information content (AvgIpc) is 2.19. The lowest BCUT2D eigenvalue weighted by Crippen LogP contribution is -2.08. The van der Waals surface area contributed by atoms with E-state index in [0.717, 1.165) is 11.4 Å². The number of nitriles is 1. The van der Waals surface area contributed by atoms with Crippen molar-refractivity contribution in [2.75, 3.05) is 25.6 Å². The third-order valence-corrected chi connectivity index (χ3v) is 1.84. The van der Waals surface area contributed by atoms with Crippen molar-refractivity contribution in [2.24, 2.45) is 0 Å². The van der Waals surface area contributed by atoms with Gasteiger partial charge in [-0.2, -0.15) is 5.26 Å². The van der Waals surface area contributed by atoms with Crippen LogP contribution in [0, 0.1) is 11.3 Å². The second kappa shape index (κ2) is 5.13. The molecule has 1 rings (SSSR count). The number of rotatable bonds is 4. The normalized spacial score (nSPS) is 9.21. The van der Waals surface area contributed by atoms with Gasteiger partial charge in [-0.1, -0.05) is 0 Å². The highest BCUT2D eigenvalue weighted by Crippen LogP contribution is 2.17. The van der Waals surface area contributed by atoms with Gasteiger partial charge in [0.15, 0.2) is 0 Å². The summed E-state index contributed by atoms with van der Waals surface area (Å²) >= 11 is 0. The van der Waals surface area contributed by atoms with Gasteiger partial charge in [-0.05, 0) is 24.3 Å². The zero-order valence-corrected chi connectivity index (χ0v) is 8.53. The van der Waals surface area contributed by atoms with Gasteiger partial charge in [0, 0.05) is 19.8 Å². The molecule has 0 saturated heterocycles. The van der Waals surface area contributed by atoms with E-state index in [1.807, 2.05) is 49.3 Å². The number of hydrogen-bond acceptors (Lipinski definition) is 3. The molecule has 1 aromatic carbocycles. The van der Waals surface area contributed by atoms with Crippen LogP contribution in [0.1, 0.15) is 6.42 Å². The van der Waals surface area contributed by atoms with Crippen LogP contribution in [0.4, 0.5) is 5.69 Å². The molecule has 0 aliphatic carbocycles. The van der Waals surface area contributed by atoms with E-state index >= 15 is 0 Å². The number of anilines is 1. The molecule has 0 atom stereocenters. The Bertz CT molecular complexity index is 311. The van der Waals surface area contributed by atoms with Crippen LogP contribution in [0.15, 0.2) is 24.3 Å². The molecular formula is C11H14N2O. The van der Waals surface area contributed by atoms with E-state index in [1.165, 1.54) is 0 Å². The Labute approximate surface area is 84.5 Å². The molecule has 0 heterocycles. The lowest BCUT2D eigenvalue weighted by molar-refractivity contribution is 0.326. The zero-order chi connectivity index (χ0) is 10.4. The van der Waals surface area contributed by atoms with Gasteiger partial charge in [0.05, 0.1) is 12.5 Å². The monoisotopic (exact) mass is 190 g/mol. The van der Waals surface area contributed by atoms with Crippen molar-refractivity contribution in [3.63, 3.8) is 0 Å². The molecule has 14 heavy (non-hydrogen) atoms. The van der Waals surface area contributed by atoms with Crippen molar-refractivity contribution >= 4 is 5.69 Å². The Morgan fingerprint density at radius 2 is 1.93 bits per heavy atom. The van der Waals surface area contributed by atoms with Crippen molar-refractivity contribution in [2.45, 2.75) is 6.42 Å². The van der Waals surface area contributed by atoms with Crippen molar-refractivity contribution in [1.29, 1.82) is 5.26 Å². The molecule has 0 aliphatic rings. The van der Waals surface area contributed by atoms with Crippen LogP contribution in [-0.4, -0.2) is 20.7 Å². The maximum absolute atomic E-state index is 8.32. The fourth-order valence-electron chi connectivity index (χ4n) is 1.06. The van der Waals surface area contributed by atoms with Crippen LogP contribution in [0.3, 0.4) is 0 Å². The Hall–Kier alpha value is -1.69. The van der Waals surface area contributed by atoms with Crippen LogP contribution in [-0.2, 0) is 0 Å². The summed E-state index contributed by atoms with van der Waals surface area (Å²) in [7, 11) is 3.98. The van der Waals surface area contributed by atoms with Gasteiger partial charge in [-0.3, -0.25) is 0 Å². The zero-order valence-electron chi connectivity index (χ0n) is 8.53. The maximum atomic E-state index is 8.32. The van der Waals surface area contributed by atoms with Gasteiger partial charge >= 0.3 is 0 Å². The lowest BCUT2D eigenvalue weighted by Gasteiger charge is -2.12. The first-order chi connectivity index (χ1) is 6.74. The second-order valence-corrected chi connectivity index (χ2v) is 3.14. The Balaban J connectivity index is 2.52. The summed E-state index contributed by atoms with van der Waals surface area (Å²) in [5, 5.41) is 8.32. The number of benzene rings is 1. The van der Waals surface area contributed by atoms with Gasteiger partial charge < -0.3 is 9.64 Å². The Kier molecular flexibility index (Phi) is 3.81. The fraction of sp³-hybridized carbons (Fsp3) is 0.364. The minimum atomic E-state index is 0.426. The number of ether oxygens (including phenoxy) is 1. The third-order valence-electron chi connectivity index (χ3n) is 1.84. The van der Waals surface area contributed by atoms with Gasteiger partial charge in [0.2, 0.25) is 0 Å². The van der Waals surface area contributed by atoms with Crippen LogP contribution in [0.2, 0.25) is 0 Å². The van der Waals surface area contributed by atoms with Gasteiger partial charge in [-0.15, -0.1) is 0 Å². The molecule has 3 nitrogen and oxygen atoms in total. The third kappa shape index (κ3) is 2.98. The summed E-state index contributed by atoms with van der Waals surface area (Å²) in [6.45, 7) is 0.456. The molecule has 0 spiro atoms. The molecule has 0 fully saturated rings. The minimum Gasteiger partial charge on any atom is -0.493 e. The second-order valence-electron chi connectivity index (χ2n) is 3.14. The van der Waals surface area contributed by atoms with E-state index in [1.54, 1.807) is 0 Å².